The molecule has 1 rings (SSSR count). The molecule has 0 bridgehead atoms. The van der Waals surface area contributed by atoms with Crippen molar-refractivity contribution in [3.8, 4) is 0 Å². The third kappa shape index (κ3) is 1.53. The summed E-state index contributed by atoms with van der Waals surface area (Å²) in [6.07, 6.45) is 3.11. The summed E-state index contributed by atoms with van der Waals surface area (Å²) in [5.41, 5.74) is 0. The predicted octanol–water partition coefficient (Wildman–Crippen LogP) is 0.712. The SMILES string of the molecule is C=CC(O)C1CCCO1. The van der Waals surface area contributed by atoms with Crippen molar-refractivity contribution >= 4 is 0 Å². The van der Waals surface area contributed by atoms with E-state index in [0.717, 1.165) is 19.4 Å². The lowest BCUT2D eigenvalue weighted by Crippen LogP contribution is -2.22. The van der Waals surface area contributed by atoms with Crippen molar-refractivity contribution < 1.29 is 9.84 Å². The van der Waals surface area contributed by atoms with Crippen molar-refractivity contribution in [2.75, 3.05) is 6.61 Å². The van der Waals surface area contributed by atoms with Crippen LogP contribution in [0.1, 0.15) is 12.8 Å². The van der Waals surface area contributed by atoms with Crippen LogP contribution >= 0.6 is 0 Å². The standard InChI is InChI=1S/C7H12O2/c1-2-6(8)7-4-3-5-9-7/h2,6-8H,1,3-5H2. The average Bonchev–Trinajstić information content (AvgIpc) is 2.37. The molecule has 0 aliphatic carbocycles. The predicted molar refractivity (Wildman–Crippen MR) is 35.2 cm³/mol. The Kier molecular flexibility index (Phi) is 2.25. The van der Waals surface area contributed by atoms with Crippen LogP contribution < -0.4 is 0 Å². The fourth-order valence-electron chi connectivity index (χ4n) is 1.02. The molecule has 0 saturated carbocycles. The molecule has 0 amide bonds. The normalized spacial score (nSPS) is 30.1. The number of aliphatic hydroxyl groups is 1. The van der Waals surface area contributed by atoms with Crippen molar-refractivity contribution in [1.82, 2.24) is 0 Å². The Balaban J connectivity index is 2.32. The summed E-state index contributed by atoms with van der Waals surface area (Å²) in [5.74, 6) is 0. The highest BCUT2D eigenvalue weighted by Crippen LogP contribution is 2.15. The van der Waals surface area contributed by atoms with Crippen molar-refractivity contribution in [3.63, 3.8) is 0 Å². The van der Waals surface area contributed by atoms with E-state index in [1.807, 2.05) is 0 Å². The first kappa shape index (κ1) is 6.78. The molecule has 0 spiro atoms. The molecular formula is C7H12O2. The van der Waals surface area contributed by atoms with Gasteiger partial charge in [-0.25, -0.2) is 0 Å². The molecular weight excluding hydrogens is 116 g/mol. The molecule has 1 heterocycles. The Labute approximate surface area is 55.1 Å². The van der Waals surface area contributed by atoms with Crippen LogP contribution in [0.25, 0.3) is 0 Å². The zero-order chi connectivity index (χ0) is 6.69. The van der Waals surface area contributed by atoms with E-state index in [-0.39, 0.29) is 6.10 Å². The van der Waals surface area contributed by atoms with Gasteiger partial charge in [0, 0.05) is 6.61 Å². The summed E-state index contributed by atoms with van der Waals surface area (Å²) in [6, 6.07) is 0. The van der Waals surface area contributed by atoms with E-state index >= 15 is 0 Å². The van der Waals surface area contributed by atoms with E-state index in [4.69, 9.17) is 9.84 Å². The fraction of sp³-hybridized carbons (Fsp3) is 0.714. The molecule has 9 heavy (non-hydrogen) atoms. The first-order chi connectivity index (χ1) is 4.34. The monoisotopic (exact) mass is 128 g/mol. The van der Waals surface area contributed by atoms with Gasteiger partial charge in [-0.3, -0.25) is 0 Å². The Hall–Kier alpha value is -0.340. The van der Waals surface area contributed by atoms with Gasteiger partial charge in [0.25, 0.3) is 0 Å². The number of hydrogen-bond acceptors (Lipinski definition) is 2. The average molecular weight is 128 g/mol. The van der Waals surface area contributed by atoms with Crippen LogP contribution in [0.15, 0.2) is 12.7 Å². The summed E-state index contributed by atoms with van der Waals surface area (Å²) >= 11 is 0. The first-order valence-electron chi connectivity index (χ1n) is 3.27. The van der Waals surface area contributed by atoms with E-state index in [1.165, 1.54) is 6.08 Å². The minimum atomic E-state index is -0.465. The molecule has 52 valence electrons. The van der Waals surface area contributed by atoms with Crippen molar-refractivity contribution in [2.24, 2.45) is 0 Å². The van der Waals surface area contributed by atoms with Crippen molar-refractivity contribution in [3.05, 3.63) is 12.7 Å². The number of ether oxygens (including phenoxy) is 1. The number of rotatable bonds is 2. The summed E-state index contributed by atoms with van der Waals surface area (Å²) in [4.78, 5) is 0. The maximum absolute atomic E-state index is 9.11. The van der Waals surface area contributed by atoms with Gasteiger partial charge in [-0.2, -0.15) is 0 Å². The highest BCUT2D eigenvalue weighted by atomic mass is 16.5. The maximum atomic E-state index is 9.11. The van der Waals surface area contributed by atoms with Crippen LogP contribution in [0.5, 0.6) is 0 Å². The quantitative estimate of drug-likeness (QED) is 0.555. The van der Waals surface area contributed by atoms with E-state index in [0.29, 0.717) is 0 Å². The lowest BCUT2D eigenvalue weighted by molar-refractivity contribution is 0.0229. The van der Waals surface area contributed by atoms with Crippen LogP contribution in [0.3, 0.4) is 0 Å². The minimum absolute atomic E-state index is 0.0162. The van der Waals surface area contributed by atoms with Crippen molar-refractivity contribution in [2.45, 2.75) is 25.0 Å². The molecule has 1 aliphatic heterocycles. The second-order valence-corrected chi connectivity index (χ2v) is 2.28. The van der Waals surface area contributed by atoms with Gasteiger partial charge in [0.2, 0.25) is 0 Å². The molecule has 1 N–H and O–H groups in total. The van der Waals surface area contributed by atoms with E-state index in [2.05, 4.69) is 6.58 Å². The van der Waals surface area contributed by atoms with Gasteiger partial charge in [-0.05, 0) is 12.8 Å². The van der Waals surface area contributed by atoms with Crippen LogP contribution in [0, 0.1) is 0 Å². The molecule has 1 fully saturated rings. The Bertz CT molecular complexity index is 95.1. The highest BCUT2D eigenvalue weighted by Gasteiger charge is 2.20. The van der Waals surface area contributed by atoms with E-state index in [9.17, 15) is 0 Å². The van der Waals surface area contributed by atoms with Crippen LogP contribution in [-0.4, -0.2) is 23.9 Å². The molecule has 0 radical (unpaired) electrons. The van der Waals surface area contributed by atoms with E-state index < -0.39 is 6.10 Å². The largest absolute Gasteiger partial charge is 0.386 e. The van der Waals surface area contributed by atoms with Gasteiger partial charge in [0.1, 0.15) is 0 Å². The molecule has 2 atom stereocenters. The fourth-order valence-corrected chi connectivity index (χ4v) is 1.02. The van der Waals surface area contributed by atoms with Gasteiger partial charge in [0.15, 0.2) is 0 Å². The molecule has 2 nitrogen and oxygen atoms in total. The topological polar surface area (TPSA) is 29.5 Å². The second-order valence-electron chi connectivity index (χ2n) is 2.28. The molecule has 1 aliphatic rings. The van der Waals surface area contributed by atoms with Crippen molar-refractivity contribution in [1.29, 1.82) is 0 Å². The highest BCUT2D eigenvalue weighted by molar-refractivity contribution is 4.86. The Morgan fingerprint density at radius 3 is 3.00 bits per heavy atom. The lowest BCUT2D eigenvalue weighted by Gasteiger charge is -2.11. The first-order valence-corrected chi connectivity index (χ1v) is 3.27. The van der Waals surface area contributed by atoms with Gasteiger partial charge in [-0.1, -0.05) is 6.08 Å². The van der Waals surface area contributed by atoms with E-state index in [1.54, 1.807) is 0 Å². The van der Waals surface area contributed by atoms with Gasteiger partial charge < -0.3 is 9.84 Å². The summed E-state index contributed by atoms with van der Waals surface area (Å²) in [5, 5.41) is 9.11. The number of aliphatic hydroxyl groups excluding tert-OH is 1. The van der Waals surface area contributed by atoms with Crippen LogP contribution in [0.2, 0.25) is 0 Å². The molecule has 0 aromatic heterocycles. The Morgan fingerprint density at radius 1 is 1.78 bits per heavy atom. The summed E-state index contributed by atoms with van der Waals surface area (Å²) in [7, 11) is 0. The maximum Gasteiger partial charge on any atom is 0.0980 e. The molecule has 1 saturated heterocycles. The third-order valence-corrected chi connectivity index (χ3v) is 1.59. The molecule has 2 heteroatoms. The number of hydrogen-bond donors (Lipinski definition) is 1. The zero-order valence-corrected chi connectivity index (χ0v) is 5.42. The second kappa shape index (κ2) is 2.99. The summed E-state index contributed by atoms with van der Waals surface area (Å²) < 4.78 is 5.18. The summed E-state index contributed by atoms with van der Waals surface area (Å²) in [6.45, 7) is 4.26. The van der Waals surface area contributed by atoms with Gasteiger partial charge in [-0.15, -0.1) is 6.58 Å². The van der Waals surface area contributed by atoms with Gasteiger partial charge in [0.05, 0.1) is 12.2 Å². The molecule has 0 aromatic rings. The lowest BCUT2D eigenvalue weighted by atomic mass is 10.1. The minimum Gasteiger partial charge on any atom is -0.386 e. The smallest absolute Gasteiger partial charge is 0.0980 e. The molecule has 2 unspecified atom stereocenters. The van der Waals surface area contributed by atoms with Crippen LogP contribution in [0.4, 0.5) is 0 Å². The molecule has 0 aromatic carbocycles. The van der Waals surface area contributed by atoms with Crippen LogP contribution in [-0.2, 0) is 4.74 Å². The third-order valence-electron chi connectivity index (χ3n) is 1.59. The van der Waals surface area contributed by atoms with Gasteiger partial charge >= 0.3 is 0 Å². The Morgan fingerprint density at radius 2 is 2.56 bits per heavy atom. The zero-order valence-electron chi connectivity index (χ0n) is 5.42.